The summed E-state index contributed by atoms with van der Waals surface area (Å²) in [4.78, 5) is 10.1. The van der Waals surface area contributed by atoms with E-state index in [0.29, 0.717) is 17.2 Å². The van der Waals surface area contributed by atoms with Crippen LogP contribution in [0, 0.1) is 5.82 Å². The molecule has 4 nitrogen and oxygen atoms in total. The molecule has 0 unspecified atom stereocenters. The van der Waals surface area contributed by atoms with Crippen LogP contribution >= 0.6 is 0 Å². The van der Waals surface area contributed by atoms with Crippen LogP contribution in [0.25, 0.3) is 10.9 Å². The van der Waals surface area contributed by atoms with Crippen molar-refractivity contribution < 1.29 is 4.39 Å². The minimum absolute atomic E-state index is 0.300. The number of hydrogen-bond acceptors (Lipinski definition) is 4. The second kappa shape index (κ2) is 4.77. The number of hydrogen-bond donors (Lipinski definition) is 1. The first-order valence-corrected chi connectivity index (χ1v) is 6.15. The molecule has 0 saturated carbocycles. The maximum absolute atomic E-state index is 13.9. The van der Waals surface area contributed by atoms with Crippen LogP contribution in [0.1, 0.15) is 0 Å². The molecule has 0 spiro atoms. The normalized spacial score (nSPS) is 10.7. The summed E-state index contributed by atoms with van der Waals surface area (Å²) in [5, 5.41) is 0.790. The summed E-state index contributed by atoms with van der Waals surface area (Å²) in [5.41, 5.74) is 7.66. The van der Waals surface area contributed by atoms with E-state index in [1.165, 1.54) is 12.4 Å². The minimum Gasteiger partial charge on any atom is -0.399 e. The Kier molecular flexibility index (Phi) is 2.95. The van der Waals surface area contributed by atoms with Gasteiger partial charge < -0.3 is 10.6 Å². The summed E-state index contributed by atoms with van der Waals surface area (Å²) in [6, 6.07) is 12.0. The van der Waals surface area contributed by atoms with Crippen molar-refractivity contribution >= 4 is 28.1 Å². The van der Waals surface area contributed by atoms with E-state index in [2.05, 4.69) is 9.97 Å². The molecule has 3 rings (SSSR count). The van der Waals surface area contributed by atoms with E-state index >= 15 is 0 Å². The monoisotopic (exact) mass is 268 g/mol. The third-order valence-corrected chi connectivity index (χ3v) is 3.17. The second-order valence-electron chi connectivity index (χ2n) is 4.48. The van der Waals surface area contributed by atoms with Gasteiger partial charge in [-0.05, 0) is 30.3 Å². The number of halogens is 1. The summed E-state index contributed by atoms with van der Waals surface area (Å²) in [5.74, 6) is 0.318. The van der Waals surface area contributed by atoms with Gasteiger partial charge in [-0.2, -0.15) is 0 Å². The number of nitrogens with two attached hydrogens (primary N) is 1. The lowest BCUT2D eigenvalue weighted by molar-refractivity contribution is 0.627. The molecule has 0 saturated heterocycles. The maximum atomic E-state index is 13.9. The van der Waals surface area contributed by atoms with Gasteiger partial charge in [0.05, 0.1) is 11.2 Å². The molecule has 1 heterocycles. The number of anilines is 3. The highest BCUT2D eigenvalue weighted by Gasteiger charge is 2.13. The summed E-state index contributed by atoms with van der Waals surface area (Å²) in [6.07, 6.45) is 1.46. The molecular weight excluding hydrogens is 255 g/mol. The van der Waals surface area contributed by atoms with Crippen molar-refractivity contribution in [3.8, 4) is 0 Å². The molecule has 0 fully saturated rings. The highest BCUT2D eigenvalue weighted by atomic mass is 19.1. The van der Waals surface area contributed by atoms with Crippen LogP contribution in [0.5, 0.6) is 0 Å². The topological polar surface area (TPSA) is 55.0 Å². The Morgan fingerprint density at radius 3 is 2.70 bits per heavy atom. The van der Waals surface area contributed by atoms with Crippen molar-refractivity contribution in [1.82, 2.24) is 9.97 Å². The van der Waals surface area contributed by atoms with Gasteiger partial charge in [-0.3, -0.25) is 0 Å². The number of fused-ring (bicyclic) bond motifs is 1. The van der Waals surface area contributed by atoms with E-state index in [9.17, 15) is 4.39 Å². The van der Waals surface area contributed by atoms with Gasteiger partial charge >= 0.3 is 0 Å². The zero-order valence-electron chi connectivity index (χ0n) is 10.9. The standard InChI is InChI=1S/C15H13FN4/c1-20(14-5-3-2-4-12(14)16)15-11-8-10(17)6-7-13(11)18-9-19-15/h2-9H,17H2,1H3. The Bertz CT molecular complexity index is 773. The van der Waals surface area contributed by atoms with E-state index in [1.807, 2.05) is 6.07 Å². The van der Waals surface area contributed by atoms with E-state index in [1.54, 1.807) is 42.3 Å². The number of nitrogens with zero attached hydrogens (tertiary/aromatic N) is 3. The molecule has 5 heteroatoms. The van der Waals surface area contributed by atoms with E-state index < -0.39 is 0 Å². The van der Waals surface area contributed by atoms with Crippen LogP contribution < -0.4 is 10.6 Å². The quantitative estimate of drug-likeness (QED) is 0.725. The Hall–Kier alpha value is -2.69. The average molecular weight is 268 g/mol. The predicted octanol–water partition coefficient (Wildman–Crippen LogP) is 3.12. The van der Waals surface area contributed by atoms with Gasteiger partial charge in [0.2, 0.25) is 0 Å². The molecule has 0 aliphatic heterocycles. The highest BCUT2D eigenvalue weighted by Crippen LogP contribution is 2.30. The Balaban J connectivity index is 2.19. The van der Waals surface area contributed by atoms with Gasteiger partial charge in [-0.25, -0.2) is 14.4 Å². The molecule has 0 bridgehead atoms. The van der Waals surface area contributed by atoms with E-state index in [0.717, 1.165) is 10.9 Å². The number of nitrogen functional groups attached to an aromatic ring is 1. The zero-order chi connectivity index (χ0) is 14.1. The molecular formula is C15H13FN4. The van der Waals surface area contributed by atoms with Crippen molar-refractivity contribution in [2.24, 2.45) is 0 Å². The van der Waals surface area contributed by atoms with Gasteiger partial charge in [0.1, 0.15) is 18.0 Å². The maximum Gasteiger partial charge on any atom is 0.146 e. The largest absolute Gasteiger partial charge is 0.399 e. The molecule has 20 heavy (non-hydrogen) atoms. The lowest BCUT2D eigenvalue weighted by atomic mass is 10.2. The molecule has 2 aromatic carbocycles. The fraction of sp³-hybridized carbons (Fsp3) is 0.0667. The molecule has 2 N–H and O–H groups in total. The molecule has 3 aromatic rings. The highest BCUT2D eigenvalue weighted by molar-refractivity contribution is 5.93. The SMILES string of the molecule is CN(c1ccccc1F)c1ncnc2ccc(N)cc12. The second-order valence-corrected chi connectivity index (χ2v) is 4.48. The van der Waals surface area contributed by atoms with Crippen LogP contribution in [0.2, 0.25) is 0 Å². The van der Waals surface area contributed by atoms with Gasteiger partial charge in [0, 0.05) is 18.1 Å². The third-order valence-electron chi connectivity index (χ3n) is 3.17. The molecule has 0 radical (unpaired) electrons. The van der Waals surface area contributed by atoms with Crippen LogP contribution in [-0.2, 0) is 0 Å². The van der Waals surface area contributed by atoms with Crippen molar-refractivity contribution in [1.29, 1.82) is 0 Å². The molecule has 0 aliphatic carbocycles. The summed E-state index contributed by atoms with van der Waals surface area (Å²) >= 11 is 0. The fourth-order valence-corrected chi connectivity index (χ4v) is 2.17. The van der Waals surface area contributed by atoms with Crippen LogP contribution in [0.15, 0.2) is 48.8 Å². The first kappa shape index (κ1) is 12.3. The number of rotatable bonds is 2. The molecule has 100 valence electrons. The third kappa shape index (κ3) is 2.03. The first-order chi connectivity index (χ1) is 9.66. The molecule has 0 aliphatic rings. The van der Waals surface area contributed by atoms with Crippen LogP contribution in [-0.4, -0.2) is 17.0 Å². The summed E-state index contributed by atoms with van der Waals surface area (Å²) in [7, 11) is 1.77. The molecule has 1 aromatic heterocycles. The average Bonchev–Trinajstić information content (AvgIpc) is 2.46. The lowest BCUT2D eigenvalue weighted by Crippen LogP contribution is -2.13. The van der Waals surface area contributed by atoms with Gasteiger partial charge in [0.25, 0.3) is 0 Å². The van der Waals surface area contributed by atoms with Crippen molar-refractivity contribution in [2.45, 2.75) is 0 Å². The Morgan fingerprint density at radius 1 is 1.10 bits per heavy atom. The van der Waals surface area contributed by atoms with Crippen LogP contribution in [0.4, 0.5) is 21.6 Å². The Labute approximate surface area is 115 Å². The molecule has 0 amide bonds. The van der Waals surface area contributed by atoms with Crippen molar-refractivity contribution in [3.63, 3.8) is 0 Å². The van der Waals surface area contributed by atoms with Crippen LogP contribution in [0.3, 0.4) is 0 Å². The Morgan fingerprint density at radius 2 is 1.90 bits per heavy atom. The summed E-state index contributed by atoms with van der Waals surface area (Å²) < 4.78 is 13.9. The minimum atomic E-state index is -0.300. The first-order valence-electron chi connectivity index (χ1n) is 6.15. The van der Waals surface area contributed by atoms with E-state index in [4.69, 9.17) is 5.73 Å². The molecule has 0 atom stereocenters. The fourth-order valence-electron chi connectivity index (χ4n) is 2.17. The van der Waals surface area contributed by atoms with Crippen molar-refractivity contribution in [2.75, 3.05) is 17.7 Å². The number of benzene rings is 2. The number of aromatic nitrogens is 2. The van der Waals surface area contributed by atoms with Crippen molar-refractivity contribution in [3.05, 3.63) is 54.6 Å². The summed E-state index contributed by atoms with van der Waals surface area (Å²) in [6.45, 7) is 0. The van der Waals surface area contributed by atoms with Gasteiger partial charge in [-0.15, -0.1) is 0 Å². The lowest BCUT2D eigenvalue weighted by Gasteiger charge is -2.20. The van der Waals surface area contributed by atoms with Gasteiger partial charge in [-0.1, -0.05) is 12.1 Å². The zero-order valence-corrected chi connectivity index (χ0v) is 10.9. The smallest absolute Gasteiger partial charge is 0.146 e. The number of para-hydroxylation sites is 1. The predicted molar refractivity (Wildman–Crippen MR) is 78.4 cm³/mol. The van der Waals surface area contributed by atoms with Gasteiger partial charge in [0.15, 0.2) is 0 Å². The van der Waals surface area contributed by atoms with E-state index in [-0.39, 0.29) is 5.82 Å².